The topological polar surface area (TPSA) is 114 Å². The Labute approximate surface area is 142 Å². The number of amides is 1. The summed E-state index contributed by atoms with van der Waals surface area (Å²) in [5.41, 5.74) is 15.2. The zero-order chi connectivity index (χ0) is 17.6. The zero-order valence-electron chi connectivity index (χ0n) is 13.2. The predicted molar refractivity (Wildman–Crippen MR) is 94.2 cm³/mol. The number of H-pyrrole nitrogens is 2. The van der Waals surface area contributed by atoms with Crippen molar-refractivity contribution in [2.75, 3.05) is 0 Å². The second-order valence-corrected chi connectivity index (χ2v) is 6.02. The maximum Gasteiger partial charge on any atom is 0.234 e. The van der Waals surface area contributed by atoms with Gasteiger partial charge in [0.2, 0.25) is 5.91 Å². The van der Waals surface area contributed by atoms with Gasteiger partial charge in [-0.25, -0.2) is 9.37 Å². The van der Waals surface area contributed by atoms with Crippen LogP contribution in [0.2, 0.25) is 0 Å². The zero-order valence-corrected chi connectivity index (χ0v) is 13.2. The Kier molecular flexibility index (Phi) is 3.51. The molecule has 1 amide bonds. The standard InChI is InChI=1S/C18H16FN5O/c19-10-2-3-11-12(8-22-15(11)6-10)9-1-4-14-16(5-9)24-17(23-14)7-13(20)18(21)25/h1-6,8,13,22H,7,20H2,(H2,21,25)(H,23,24). The van der Waals surface area contributed by atoms with E-state index in [0.717, 1.165) is 33.1 Å². The number of nitrogens with zero attached hydrogens (tertiary/aromatic N) is 1. The summed E-state index contributed by atoms with van der Waals surface area (Å²) in [5, 5.41) is 0.941. The normalized spacial score (nSPS) is 12.7. The highest BCUT2D eigenvalue weighted by Crippen LogP contribution is 2.30. The van der Waals surface area contributed by atoms with Gasteiger partial charge in [0.15, 0.2) is 0 Å². The van der Waals surface area contributed by atoms with E-state index in [9.17, 15) is 9.18 Å². The third-order valence-corrected chi connectivity index (χ3v) is 4.26. The van der Waals surface area contributed by atoms with E-state index >= 15 is 0 Å². The van der Waals surface area contributed by atoms with Crippen molar-refractivity contribution < 1.29 is 9.18 Å². The van der Waals surface area contributed by atoms with Gasteiger partial charge in [0.25, 0.3) is 0 Å². The van der Waals surface area contributed by atoms with E-state index in [2.05, 4.69) is 15.0 Å². The summed E-state index contributed by atoms with van der Waals surface area (Å²) in [6.45, 7) is 0. The van der Waals surface area contributed by atoms with Gasteiger partial charge < -0.3 is 21.4 Å². The van der Waals surface area contributed by atoms with Crippen molar-refractivity contribution in [1.82, 2.24) is 15.0 Å². The average molecular weight is 337 g/mol. The van der Waals surface area contributed by atoms with Gasteiger partial charge >= 0.3 is 0 Å². The molecule has 6 N–H and O–H groups in total. The molecule has 1 unspecified atom stereocenters. The van der Waals surface area contributed by atoms with E-state index in [0.29, 0.717) is 5.82 Å². The summed E-state index contributed by atoms with van der Waals surface area (Å²) in [5.74, 6) is -0.230. The number of aromatic nitrogens is 3. The Balaban J connectivity index is 1.74. The van der Waals surface area contributed by atoms with Crippen LogP contribution in [-0.2, 0) is 11.2 Å². The van der Waals surface area contributed by atoms with Gasteiger partial charge in [0.1, 0.15) is 11.6 Å². The first-order valence-electron chi connectivity index (χ1n) is 7.82. The molecule has 0 bridgehead atoms. The number of primary amides is 1. The highest BCUT2D eigenvalue weighted by Gasteiger charge is 2.14. The number of hydrogen-bond donors (Lipinski definition) is 4. The first-order valence-corrected chi connectivity index (χ1v) is 7.82. The summed E-state index contributed by atoms with van der Waals surface area (Å²) >= 11 is 0. The Bertz CT molecular complexity index is 1100. The third-order valence-electron chi connectivity index (χ3n) is 4.26. The summed E-state index contributed by atoms with van der Waals surface area (Å²) in [6, 6.07) is 9.70. The van der Waals surface area contributed by atoms with Crippen molar-refractivity contribution in [3.05, 3.63) is 54.2 Å². The first kappa shape index (κ1) is 15.3. The van der Waals surface area contributed by atoms with Crippen LogP contribution in [0.4, 0.5) is 4.39 Å². The Morgan fingerprint density at radius 1 is 1.20 bits per heavy atom. The molecule has 7 heteroatoms. The Hall–Kier alpha value is -3.19. The number of nitrogens with two attached hydrogens (primary N) is 2. The Morgan fingerprint density at radius 2 is 2.04 bits per heavy atom. The SMILES string of the molecule is NC(=O)C(N)Cc1nc2ccc(-c3c[nH]c4cc(F)ccc34)cc2[nH]1. The monoisotopic (exact) mass is 337 g/mol. The van der Waals surface area contributed by atoms with Crippen LogP contribution in [0, 0.1) is 5.82 Å². The van der Waals surface area contributed by atoms with Crippen LogP contribution in [0.25, 0.3) is 33.1 Å². The van der Waals surface area contributed by atoms with Gasteiger partial charge in [-0.1, -0.05) is 6.07 Å². The molecule has 0 aliphatic heterocycles. The van der Waals surface area contributed by atoms with E-state index in [1.807, 2.05) is 24.4 Å². The molecule has 2 aromatic heterocycles. The number of imidazole rings is 1. The van der Waals surface area contributed by atoms with Crippen LogP contribution in [0.5, 0.6) is 0 Å². The van der Waals surface area contributed by atoms with Crippen LogP contribution in [0.1, 0.15) is 5.82 Å². The highest BCUT2D eigenvalue weighted by molar-refractivity contribution is 5.97. The second-order valence-electron chi connectivity index (χ2n) is 6.02. The summed E-state index contributed by atoms with van der Waals surface area (Å²) < 4.78 is 13.3. The van der Waals surface area contributed by atoms with Crippen LogP contribution < -0.4 is 11.5 Å². The molecule has 6 nitrogen and oxygen atoms in total. The summed E-state index contributed by atoms with van der Waals surface area (Å²) in [6.07, 6.45) is 2.11. The molecule has 4 rings (SSSR count). The van der Waals surface area contributed by atoms with Crippen LogP contribution in [-0.4, -0.2) is 26.9 Å². The Morgan fingerprint density at radius 3 is 2.84 bits per heavy atom. The van der Waals surface area contributed by atoms with Crippen LogP contribution in [0.3, 0.4) is 0 Å². The van der Waals surface area contributed by atoms with Crippen molar-refractivity contribution in [3.8, 4) is 11.1 Å². The molecule has 0 aliphatic rings. The second kappa shape index (κ2) is 5.71. The van der Waals surface area contributed by atoms with Crippen molar-refractivity contribution in [2.45, 2.75) is 12.5 Å². The van der Waals surface area contributed by atoms with E-state index in [1.54, 1.807) is 6.07 Å². The fourth-order valence-electron chi connectivity index (χ4n) is 2.97. The number of carbonyl (C=O) groups is 1. The predicted octanol–water partition coefficient (Wildman–Crippen LogP) is 2.21. The number of benzene rings is 2. The van der Waals surface area contributed by atoms with Gasteiger partial charge in [0.05, 0.1) is 17.1 Å². The molecule has 0 aliphatic carbocycles. The van der Waals surface area contributed by atoms with E-state index in [1.165, 1.54) is 12.1 Å². The van der Waals surface area contributed by atoms with Crippen LogP contribution in [0.15, 0.2) is 42.6 Å². The van der Waals surface area contributed by atoms with Gasteiger partial charge in [-0.15, -0.1) is 0 Å². The molecule has 1 atom stereocenters. The fraction of sp³-hybridized carbons (Fsp3) is 0.111. The van der Waals surface area contributed by atoms with Crippen molar-refractivity contribution in [3.63, 3.8) is 0 Å². The van der Waals surface area contributed by atoms with Gasteiger partial charge in [-0.3, -0.25) is 4.79 Å². The fourth-order valence-corrected chi connectivity index (χ4v) is 2.97. The number of hydrogen-bond acceptors (Lipinski definition) is 3. The lowest BCUT2D eigenvalue weighted by Gasteiger charge is -2.03. The maximum atomic E-state index is 13.3. The molecule has 2 heterocycles. The summed E-state index contributed by atoms with van der Waals surface area (Å²) in [4.78, 5) is 21.8. The van der Waals surface area contributed by atoms with Gasteiger partial charge in [0, 0.05) is 29.1 Å². The lowest BCUT2D eigenvalue weighted by atomic mass is 10.0. The molecule has 2 aromatic carbocycles. The van der Waals surface area contributed by atoms with E-state index in [4.69, 9.17) is 11.5 Å². The largest absolute Gasteiger partial charge is 0.368 e. The summed E-state index contributed by atoms with van der Waals surface area (Å²) in [7, 11) is 0. The van der Waals surface area contributed by atoms with Crippen molar-refractivity contribution in [1.29, 1.82) is 0 Å². The molecular weight excluding hydrogens is 321 g/mol. The minimum Gasteiger partial charge on any atom is -0.368 e. The number of carbonyl (C=O) groups excluding carboxylic acids is 1. The third kappa shape index (κ3) is 2.74. The number of nitrogens with one attached hydrogen (secondary N) is 2. The maximum absolute atomic E-state index is 13.3. The quantitative estimate of drug-likeness (QED) is 0.458. The molecule has 0 radical (unpaired) electrons. The smallest absolute Gasteiger partial charge is 0.234 e. The molecule has 0 spiro atoms. The molecule has 0 saturated carbocycles. The molecule has 126 valence electrons. The lowest BCUT2D eigenvalue weighted by Crippen LogP contribution is -2.38. The first-order chi connectivity index (χ1) is 12.0. The number of aromatic amines is 2. The minimum atomic E-state index is -0.774. The molecule has 4 aromatic rings. The van der Waals surface area contributed by atoms with Crippen molar-refractivity contribution in [2.24, 2.45) is 11.5 Å². The number of halogens is 1. The molecular formula is C18H16FN5O. The van der Waals surface area contributed by atoms with Crippen molar-refractivity contribution >= 4 is 27.8 Å². The lowest BCUT2D eigenvalue weighted by molar-refractivity contribution is -0.119. The number of rotatable bonds is 4. The van der Waals surface area contributed by atoms with Gasteiger partial charge in [-0.05, 0) is 35.9 Å². The minimum absolute atomic E-state index is 0.256. The number of fused-ring (bicyclic) bond motifs is 2. The average Bonchev–Trinajstić information content (AvgIpc) is 3.16. The molecule has 0 saturated heterocycles. The highest BCUT2D eigenvalue weighted by atomic mass is 19.1. The van der Waals surface area contributed by atoms with E-state index < -0.39 is 11.9 Å². The molecule has 25 heavy (non-hydrogen) atoms. The van der Waals surface area contributed by atoms with Gasteiger partial charge in [-0.2, -0.15) is 0 Å². The molecule has 0 fully saturated rings. The van der Waals surface area contributed by atoms with E-state index in [-0.39, 0.29) is 12.2 Å². The van der Waals surface area contributed by atoms with Crippen LogP contribution >= 0.6 is 0 Å².